The van der Waals surface area contributed by atoms with Gasteiger partial charge >= 0.3 is 0 Å². The topological polar surface area (TPSA) is 18.5 Å². The number of benzene rings is 3. The molecule has 0 aliphatic rings. The van der Waals surface area contributed by atoms with E-state index < -0.39 is 0 Å². The first-order chi connectivity index (χ1) is 11.7. The highest BCUT2D eigenvalue weighted by atomic mass is 19.1. The van der Waals surface area contributed by atoms with Crippen molar-refractivity contribution in [3.8, 4) is 33.8 Å². The van der Waals surface area contributed by atoms with E-state index in [4.69, 9.17) is 9.47 Å². The fourth-order valence-electron chi connectivity index (χ4n) is 2.61. The smallest absolute Gasteiger partial charge is 0.131 e. The average Bonchev–Trinajstić information content (AvgIpc) is 2.63. The number of halogens is 1. The predicted molar refractivity (Wildman–Crippen MR) is 95.0 cm³/mol. The van der Waals surface area contributed by atoms with Crippen LogP contribution in [0.4, 0.5) is 4.39 Å². The van der Waals surface area contributed by atoms with Crippen molar-refractivity contribution in [3.63, 3.8) is 0 Å². The number of methoxy groups -OCH3 is 1. The Hall–Kier alpha value is -2.81. The van der Waals surface area contributed by atoms with Crippen LogP contribution in [0, 0.1) is 5.82 Å². The molecular formula is C21H19FO2. The second-order valence-electron chi connectivity index (χ2n) is 5.38. The molecule has 0 aliphatic heterocycles. The van der Waals surface area contributed by atoms with Gasteiger partial charge in [0.2, 0.25) is 0 Å². The zero-order chi connectivity index (χ0) is 16.9. The van der Waals surface area contributed by atoms with Gasteiger partial charge in [-0.25, -0.2) is 4.39 Å². The van der Waals surface area contributed by atoms with Crippen molar-refractivity contribution in [1.29, 1.82) is 0 Å². The van der Waals surface area contributed by atoms with Crippen molar-refractivity contribution >= 4 is 0 Å². The Bertz CT molecular complexity index is 808. The van der Waals surface area contributed by atoms with Gasteiger partial charge < -0.3 is 9.47 Å². The van der Waals surface area contributed by atoms with Crippen LogP contribution in [-0.4, -0.2) is 13.7 Å². The normalized spacial score (nSPS) is 10.5. The lowest BCUT2D eigenvalue weighted by Crippen LogP contribution is -1.91. The van der Waals surface area contributed by atoms with E-state index in [2.05, 4.69) is 0 Å². The van der Waals surface area contributed by atoms with Crippen molar-refractivity contribution in [2.45, 2.75) is 6.92 Å². The summed E-state index contributed by atoms with van der Waals surface area (Å²) in [5, 5.41) is 0. The van der Waals surface area contributed by atoms with Crippen LogP contribution in [0.2, 0.25) is 0 Å². The van der Waals surface area contributed by atoms with Crippen molar-refractivity contribution in [2.24, 2.45) is 0 Å². The van der Waals surface area contributed by atoms with E-state index in [0.29, 0.717) is 12.2 Å². The Morgan fingerprint density at radius 3 is 1.92 bits per heavy atom. The number of rotatable bonds is 5. The minimum Gasteiger partial charge on any atom is -0.497 e. The first kappa shape index (κ1) is 16.1. The Labute approximate surface area is 141 Å². The van der Waals surface area contributed by atoms with E-state index in [1.165, 1.54) is 0 Å². The number of ether oxygens (including phenoxy) is 2. The van der Waals surface area contributed by atoms with Crippen LogP contribution in [0.3, 0.4) is 0 Å². The average molecular weight is 322 g/mol. The monoisotopic (exact) mass is 322 g/mol. The second kappa shape index (κ2) is 7.18. The third-order valence-corrected chi connectivity index (χ3v) is 3.87. The Kier molecular flexibility index (Phi) is 4.80. The molecule has 0 fully saturated rings. The fourth-order valence-corrected chi connectivity index (χ4v) is 2.61. The summed E-state index contributed by atoms with van der Waals surface area (Å²) in [5.74, 6) is 1.33. The lowest BCUT2D eigenvalue weighted by molar-refractivity contribution is 0.340. The summed E-state index contributed by atoms with van der Waals surface area (Å²) in [6.07, 6.45) is 0. The molecule has 0 saturated carbocycles. The van der Waals surface area contributed by atoms with E-state index in [-0.39, 0.29) is 5.82 Å². The standard InChI is InChI=1S/C21H19FO2/c1-3-24-19-11-4-15(5-12-19)17-8-13-20(21(22)14-17)16-6-9-18(23-2)10-7-16/h4-14H,3H2,1-2H3. The van der Waals surface area contributed by atoms with Crippen molar-refractivity contribution in [2.75, 3.05) is 13.7 Å². The van der Waals surface area contributed by atoms with Gasteiger partial charge in [0.25, 0.3) is 0 Å². The molecule has 2 nitrogen and oxygen atoms in total. The molecule has 0 unspecified atom stereocenters. The molecule has 0 amide bonds. The van der Waals surface area contributed by atoms with Crippen molar-refractivity contribution < 1.29 is 13.9 Å². The lowest BCUT2D eigenvalue weighted by atomic mass is 9.99. The maximum atomic E-state index is 14.5. The molecule has 24 heavy (non-hydrogen) atoms. The van der Waals surface area contributed by atoms with Gasteiger partial charge in [0.15, 0.2) is 0 Å². The summed E-state index contributed by atoms with van der Waals surface area (Å²) in [6, 6.07) is 20.3. The van der Waals surface area contributed by atoms with Crippen molar-refractivity contribution in [3.05, 3.63) is 72.5 Å². The van der Waals surface area contributed by atoms with E-state index in [0.717, 1.165) is 28.2 Å². The van der Waals surface area contributed by atoms with Gasteiger partial charge in [-0.3, -0.25) is 0 Å². The molecule has 0 radical (unpaired) electrons. The van der Waals surface area contributed by atoms with E-state index in [1.807, 2.05) is 67.6 Å². The summed E-state index contributed by atoms with van der Waals surface area (Å²) in [7, 11) is 1.61. The molecule has 0 aromatic heterocycles. The van der Waals surface area contributed by atoms with Gasteiger partial charge in [-0.15, -0.1) is 0 Å². The SMILES string of the molecule is CCOc1ccc(-c2ccc(-c3ccc(OC)cc3)c(F)c2)cc1. The fraction of sp³-hybridized carbons (Fsp3) is 0.143. The highest BCUT2D eigenvalue weighted by Gasteiger charge is 2.08. The third kappa shape index (κ3) is 3.40. The summed E-state index contributed by atoms with van der Waals surface area (Å²) in [5.41, 5.74) is 3.20. The van der Waals surface area contributed by atoms with Gasteiger partial charge in [-0.05, 0) is 53.9 Å². The number of hydrogen-bond acceptors (Lipinski definition) is 2. The third-order valence-electron chi connectivity index (χ3n) is 3.87. The minimum absolute atomic E-state index is 0.244. The molecular weight excluding hydrogens is 303 g/mol. The van der Waals surface area contributed by atoms with Crippen LogP contribution >= 0.6 is 0 Å². The van der Waals surface area contributed by atoms with E-state index in [9.17, 15) is 4.39 Å². The molecule has 3 rings (SSSR count). The second-order valence-corrected chi connectivity index (χ2v) is 5.38. The molecule has 3 aromatic rings. The predicted octanol–water partition coefficient (Wildman–Crippen LogP) is 5.57. The van der Waals surface area contributed by atoms with Gasteiger partial charge in [-0.1, -0.05) is 36.4 Å². The Balaban J connectivity index is 1.88. The van der Waals surface area contributed by atoms with Crippen LogP contribution < -0.4 is 9.47 Å². The zero-order valence-corrected chi connectivity index (χ0v) is 13.8. The summed E-state index contributed by atoms with van der Waals surface area (Å²) < 4.78 is 25.1. The molecule has 122 valence electrons. The van der Waals surface area contributed by atoms with Crippen LogP contribution in [0.1, 0.15) is 6.92 Å². The Morgan fingerprint density at radius 1 is 0.750 bits per heavy atom. The van der Waals surface area contributed by atoms with Crippen molar-refractivity contribution in [1.82, 2.24) is 0 Å². The zero-order valence-electron chi connectivity index (χ0n) is 13.8. The maximum Gasteiger partial charge on any atom is 0.131 e. The van der Waals surface area contributed by atoms with E-state index in [1.54, 1.807) is 13.2 Å². The van der Waals surface area contributed by atoms with Crippen LogP contribution in [0.5, 0.6) is 11.5 Å². The molecule has 0 saturated heterocycles. The van der Waals surface area contributed by atoms with Gasteiger partial charge in [0.1, 0.15) is 17.3 Å². The van der Waals surface area contributed by atoms with Gasteiger partial charge in [0.05, 0.1) is 13.7 Å². The Morgan fingerprint density at radius 2 is 1.33 bits per heavy atom. The quantitative estimate of drug-likeness (QED) is 0.611. The van der Waals surface area contributed by atoms with Gasteiger partial charge in [0, 0.05) is 5.56 Å². The minimum atomic E-state index is -0.244. The molecule has 0 aliphatic carbocycles. The molecule has 0 heterocycles. The number of hydrogen-bond donors (Lipinski definition) is 0. The molecule has 3 heteroatoms. The summed E-state index contributed by atoms with van der Waals surface area (Å²) >= 11 is 0. The van der Waals surface area contributed by atoms with Crippen LogP contribution in [-0.2, 0) is 0 Å². The lowest BCUT2D eigenvalue weighted by Gasteiger charge is -2.09. The highest BCUT2D eigenvalue weighted by molar-refractivity contribution is 5.71. The largest absolute Gasteiger partial charge is 0.497 e. The molecule has 0 N–H and O–H groups in total. The summed E-state index contributed by atoms with van der Waals surface area (Å²) in [4.78, 5) is 0. The van der Waals surface area contributed by atoms with Crippen LogP contribution in [0.15, 0.2) is 66.7 Å². The molecule has 0 bridgehead atoms. The molecule has 0 atom stereocenters. The first-order valence-electron chi connectivity index (χ1n) is 7.88. The van der Waals surface area contributed by atoms with E-state index >= 15 is 0 Å². The van der Waals surface area contributed by atoms with Crippen LogP contribution in [0.25, 0.3) is 22.3 Å². The molecule has 0 spiro atoms. The summed E-state index contributed by atoms with van der Waals surface area (Å²) in [6.45, 7) is 2.58. The van der Waals surface area contributed by atoms with Gasteiger partial charge in [-0.2, -0.15) is 0 Å². The first-order valence-corrected chi connectivity index (χ1v) is 7.88. The highest BCUT2D eigenvalue weighted by Crippen LogP contribution is 2.29. The molecule has 3 aromatic carbocycles. The maximum absolute atomic E-state index is 14.5.